The molecule has 1 aromatic rings. The van der Waals surface area contributed by atoms with Gasteiger partial charge in [-0.2, -0.15) is 0 Å². The van der Waals surface area contributed by atoms with E-state index >= 15 is 0 Å². The lowest BCUT2D eigenvalue weighted by Crippen LogP contribution is -2.14. The Morgan fingerprint density at radius 3 is 2.57 bits per heavy atom. The molecule has 116 valence electrons. The first-order chi connectivity index (χ1) is 10.3. The van der Waals surface area contributed by atoms with Gasteiger partial charge in [0.05, 0.1) is 13.2 Å². The SMILES string of the molecule is CCCCCCOC(=O)Nc1ccc(CCOC=O)cc1. The second-order valence-electron chi connectivity index (χ2n) is 4.74. The van der Waals surface area contributed by atoms with Crippen molar-refractivity contribution < 1.29 is 19.1 Å². The van der Waals surface area contributed by atoms with Crippen molar-refractivity contribution in [1.29, 1.82) is 0 Å². The van der Waals surface area contributed by atoms with Gasteiger partial charge in [-0.1, -0.05) is 38.3 Å². The average Bonchev–Trinajstić information content (AvgIpc) is 2.49. The minimum atomic E-state index is -0.427. The predicted molar refractivity (Wildman–Crippen MR) is 81.3 cm³/mol. The summed E-state index contributed by atoms with van der Waals surface area (Å²) < 4.78 is 9.73. The van der Waals surface area contributed by atoms with Crippen molar-refractivity contribution in [2.75, 3.05) is 18.5 Å². The van der Waals surface area contributed by atoms with E-state index in [-0.39, 0.29) is 0 Å². The van der Waals surface area contributed by atoms with Crippen molar-refractivity contribution in [2.24, 2.45) is 0 Å². The molecule has 21 heavy (non-hydrogen) atoms. The van der Waals surface area contributed by atoms with Gasteiger partial charge in [0.15, 0.2) is 0 Å². The van der Waals surface area contributed by atoms with E-state index in [0.29, 0.717) is 31.8 Å². The lowest BCUT2D eigenvalue weighted by molar-refractivity contribution is -0.128. The van der Waals surface area contributed by atoms with Crippen molar-refractivity contribution >= 4 is 18.3 Å². The smallest absolute Gasteiger partial charge is 0.411 e. The number of hydrogen-bond acceptors (Lipinski definition) is 4. The molecule has 0 aliphatic carbocycles. The number of rotatable bonds is 10. The Morgan fingerprint density at radius 1 is 1.14 bits per heavy atom. The topological polar surface area (TPSA) is 64.6 Å². The van der Waals surface area contributed by atoms with E-state index in [1.54, 1.807) is 12.1 Å². The van der Waals surface area contributed by atoms with Gasteiger partial charge in [0.1, 0.15) is 0 Å². The maximum absolute atomic E-state index is 11.5. The van der Waals surface area contributed by atoms with Gasteiger partial charge >= 0.3 is 6.09 Å². The van der Waals surface area contributed by atoms with Crippen LogP contribution < -0.4 is 5.32 Å². The fraction of sp³-hybridized carbons (Fsp3) is 0.500. The Balaban J connectivity index is 2.24. The maximum Gasteiger partial charge on any atom is 0.411 e. The molecule has 0 aliphatic heterocycles. The first-order valence-electron chi connectivity index (χ1n) is 7.34. The number of carbonyl (C=O) groups excluding carboxylic acids is 2. The molecular weight excluding hydrogens is 270 g/mol. The normalized spacial score (nSPS) is 9.95. The van der Waals surface area contributed by atoms with E-state index in [1.807, 2.05) is 12.1 Å². The molecule has 0 atom stereocenters. The fourth-order valence-electron chi connectivity index (χ4n) is 1.83. The van der Waals surface area contributed by atoms with Crippen LogP contribution in [0.4, 0.5) is 10.5 Å². The number of carbonyl (C=O) groups is 2. The van der Waals surface area contributed by atoms with E-state index in [9.17, 15) is 9.59 Å². The third kappa shape index (κ3) is 7.97. The molecule has 5 heteroatoms. The van der Waals surface area contributed by atoms with Crippen LogP contribution in [-0.2, 0) is 20.7 Å². The zero-order chi connectivity index (χ0) is 15.3. The quantitative estimate of drug-likeness (QED) is 0.529. The van der Waals surface area contributed by atoms with Crippen LogP contribution >= 0.6 is 0 Å². The second-order valence-corrected chi connectivity index (χ2v) is 4.74. The Labute approximate surface area is 125 Å². The molecule has 0 spiro atoms. The number of amides is 1. The summed E-state index contributed by atoms with van der Waals surface area (Å²) in [6.45, 7) is 3.39. The van der Waals surface area contributed by atoms with Gasteiger partial charge in [-0.15, -0.1) is 0 Å². The van der Waals surface area contributed by atoms with Gasteiger partial charge in [0, 0.05) is 12.1 Å². The average molecular weight is 293 g/mol. The molecule has 1 amide bonds. The van der Waals surface area contributed by atoms with E-state index in [2.05, 4.69) is 17.0 Å². The van der Waals surface area contributed by atoms with Crippen molar-refractivity contribution in [3.05, 3.63) is 29.8 Å². The predicted octanol–water partition coefficient (Wildman–Crippen LogP) is 3.53. The zero-order valence-electron chi connectivity index (χ0n) is 12.5. The van der Waals surface area contributed by atoms with Gasteiger partial charge in [-0.25, -0.2) is 4.79 Å². The molecule has 5 nitrogen and oxygen atoms in total. The first-order valence-corrected chi connectivity index (χ1v) is 7.34. The molecule has 1 aromatic carbocycles. The number of anilines is 1. The number of ether oxygens (including phenoxy) is 2. The molecule has 0 radical (unpaired) electrons. The minimum Gasteiger partial charge on any atom is -0.468 e. The van der Waals surface area contributed by atoms with Gasteiger partial charge < -0.3 is 9.47 Å². The maximum atomic E-state index is 11.5. The molecular formula is C16H23NO4. The number of benzene rings is 1. The van der Waals surface area contributed by atoms with Gasteiger partial charge in [0.2, 0.25) is 0 Å². The van der Waals surface area contributed by atoms with Crippen LogP contribution in [0.5, 0.6) is 0 Å². The standard InChI is InChI=1S/C16H23NO4/c1-2-3-4-5-11-21-16(19)17-15-8-6-14(7-9-15)10-12-20-13-18/h6-9,13H,2-5,10-12H2,1H3,(H,17,19). The van der Waals surface area contributed by atoms with Gasteiger partial charge in [-0.05, 0) is 24.1 Å². The molecule has 0 saturated carbocycles. The highest BCUT2D eigenvalue weighted by molar-refractivity contribution is 5.84. The summed E-state index contributed by atoms with van der Waals surface area (Å²) in [5, 5.41) is 2.68. The van der Waals surface area contributed by atoms with Crippen LogP contribution in [0.15, 0.2) is 24.3 Å². The summed E-state index contributed by atoms with van der Waals surface area (Å²) in [5.41, 5.74) is 1.73. The number of nitrogens with one attached hydrogen (secondary N) is 1. The highest BCUT2D eigenvalue weighted by atomic mass is 16.5. The van der Waals surface area contributed by atoms with Crippen molar-refractivity contribution in [1.82, 2.24) is 0 Å². The first kappa shape index (κ1) is 17.0. The van der Waals surface area contributed by atoms with E-state index in [0.717, 1.165) is 24.8 Å². The summed E-state index contributed by atoms with van der Waals surface area (Å²) in [5.74, 6) is 0. The Hall–Kier alpha value is -2.04. The Morgan fingerprint density at radius 2 is 1.90 bits per heavy atom. The lowest BCUT2D eigenvalue weighted by atomic mass is 10.1. The Bertz CT molecular complexity index is 417. The molecule has 0 saturated heterocycles. The van der Waals surface area contributed by atoms with Gasteiger partial charge in [0.25, 0.3) is 6.47 Å². The molecule has 0 fully saturated rings. The van der Waals surface area contributed by atoms with Crippen molar-refractivity contribution in [2.45, 2.75) is 39.0 Å². The van der Waals surface area contributed by atoms with Crippen molar-refractivity contribution in [3.63, 3.8) is 0 Å². The zero-order valence-corrected chi connectivity index (χ0v) is 12.5. The number of unbranched alkanes of at least 4 members (excludes halogenated alkanes) is 3. The van der Waals surface area contributed by atoms with E-state index < -0.39 is 6.09 Å². The van der Waals surface area contributed by atoms with Crippen molar-refractivity contribution in [3.8, 4) is 0 Å². The summed E-state index contributed by atoms with van der Waals surface area (Å²) >= 11 is 0. The highest BCUT2D eigenvalue weighted by Crippen LogP contribution is 2.10. The molecule has 1 rings (SSSR count). The summed E-state index contributed by atoms with van der Waals surface area (Å²) in [6, 6.07) is 7.36. The third-order valence-corrected chi connectivity index (χ3v) is 3.01. The second kappa shape index (κ2) is 10.7. The number of hydrogen-bond donors (Lipinski definition) is 1. The fourth-order valence-corrected chi connectivity index (χ4v) is 1.83. The summed E-state index contributed by atoms with van der Waals surface area (Å²) in [6.07, 6.45) is 4.54. The lowest BCUT2D eigenvalue weighted by Gasteiger charge is -2.07. The van der Waals surface area contributed by atoms with Gasteiger partial charge in [-0.3, -0.25) is 10.1 Å². The monoisotopic (exact) mass is 293 g/mol. The van der Waals surface area contributed by atoms with Crippen LogP contribution in [0.3, 0.4) is 0 Å². The summed E-state index contributed by atoms with van der Waals surface area (Å²) in [7, 11) is 0. The molecule has 0 aliphatic rings. The molecule has 1 N–H and O–H groups in total. The third-order valence-electron chi connectivity index (χ3n) is 3.01. The Kier molecular flexibility index (Phi) is 8.68. The van der Waals surface area contributed by atoms with E-state index in [4.69, 9.17) is 4.74 Å². The molecule has 0 aromatic heterocycles. The van der Waals surface area contributed by atoms with Crippen LogP contribution in [0.2, 0.25) is 0 Å². The van der Waals surface area contributed by atoms with Crippen LogP contribution in [-0.4, -0.2) is 25.8 Å². The van der Waals surface area contributed by atoms with Crippen LogP contribution in [0.25, 0.3) is 0 Å². The molecule has 0 heterocycles. The molecule has 0 bridgehead atoms. The summed E-state index contributed by atoms with van der Waals surface area (Å²) in [4.78, 5) is 21.6. The minimum absolute atomic E-state index is 0.357. The van der Waals surface area contributed by atoms with Crippen LogP contribution in [0.1, 0.15) is 38.2 Å². The van der Waals surface area contributed by atoms with E-state index in [1.165, 1.54) is 6.42 Å². The largest absolute Gasteiger partial charge is 0.468 e. The molecule has 0 unspecified atom stereocenters. The van der Waals surface area contributed by atoms with Crippen LogP contribution in [0, 0.1) is 0 Å². The highest BCUT2D eigenvalue weighted by Gasteiger charge is 2.03.